The average molecular weight is 421 g/mol. The maximum Gasteiger partial charge on any atom is 0.337 e. The Kier molecular flexibility index (Phi) is 7.48. The Labute approximate surface area is 180 Å². The average Bonchev–Trinajstić information content (AvgIpc) is 2.78. The van der Waals surface area contributed by atoms with Crippen LogP contribution in [0.5, 0.6) is 17.2 Å². The molecule has 0 atom stereocenters. The summed E-state index contributed by atoms with van der Waals surface area (Å²) < 4.78 is 16.5. The van der Waals surface area contributed by atoms with Crippen molar-refractivity contribution in [2.24, 2.45) is 0 Å². The lowest BCUT2D eigenvalue weighted by atomic mass is 10.1. The number of carboxylic acids is 1. The number of aromatic carboxylic acids is 1. The molecule has 0 aliphatic rings. The molecular weight excluding hydrogens is 398 g/mol. The Morgan fingerprint density at radius 1 is 0.806 bits per heavy atom. The topological polar surface area (TPSA) is 94.1 Å². The lowest BCUT2D eigenvalue weighted by Crippen LogP contribution is -2.21. The number of anilines is 1. The summed E-state index contributed by atoms with van der Waals surface area (Å²) >= 11 is 0. The van der Waals surface area contributed by atoms with Gasteiger partial charge in [0.1, 0.15) is 30.5 Å². The van der Waals surface area contributed by atoms with Crippen molar-refractivity contribution in [2.45, 2.75) is 6.92 Å². The molecule has 0 heterocycles. The second-order valence-corrected chi connectivity index (χ2v) is 6.67. The quantitative estimate of drug-likeness (QED) is 0.477. The fraction of sp³-hybridized carbons (Fsp3) is 0.167. The molecule has 0 aliphatic carbocycles. The second kappa shape index (κ2) is 10.7. The van der Waals surface area contributed by atoms with E-state index in [0.29, 0.717) is 18.1 Å². The predicted octanol–water partition coefficient (Wildman–Crippen LogP) is 4.17. The number of hydrogen-bond donors (Lipinski definition) is 2. The summed E-state index contributed by atoms with van der Waals surface area (Å²) in [6, 6.07) is 21.0. The van der Waals surface area contributed by atoms with Gasteiger partial charge in [0.15, 0.2) is 6.61 Å². The molecule has 3 rings (SSSR count). The van der Waals surface area contributed by atoms with E-state index in [4.69, 9.17) is 14.2 Å². The van der Waals surface area contributed by atoms with E-state index < -0.39 is 11.9 Å². The molecule has 160 valence electrons. The van der Waals surface area contributed by atoms with E-state index in [1.165, 1.54) is 12.1 Å². The fourth-order valence-corrected chi connectivity index (χ4v) is 2.70. The van der Waals surface area contributed by atoms with E-state index in [-0.39, 0.29) is 24.5 Å². The highest BCUT2D eigenvalue weighted by atomic mass is 16.5. The molecule has 0 aromatic heterocycles. The molecule has 3 aromatic carbocycles. The number of para-hydroxylation sites is 1. The van der Waals surface area contributed by atoms with Crippen LogP contribution in [0.25, 0.3) is 0 Å². The third-order valence-corrected chi connectivity index (χ3v) is 4.25. The Morgan fingerprint density at radius 2 is 1.42 bits per heavy atom. The predicted molar refractivity (Wildman–Crippen MR) is 116 cm³/mol. The molecule has 31 heavy (non-hydrogen) atoms. The van der Waals surface area contributed by atoms with Crippen molar-refractivity contribution in [3.8, 4) is 17.2 Å². The van der Waals surface area contributed by atoms with Gasteiger partial charge in [-0.05, 0) is 49.4 Å². The van der Waals surface area contributed by atoms with E-state index in [2.05, 4.69) is 5.32 Å². The van der Waals surface area contributed by atoms with E-state index in [9.17, 15) is 14.7 Å². The Balaban J connectivity index is 1.53. The summed E-state index contributed by atoms with van der Waals surface area (Å²) in [5, 5.41) is 12.0. The summed E-state index contributed by atoms with van der Waals surface area (Å²) in [4.78, 5) is 23.7. The van der Waals surface area contributed by atoms with Crippen LogP contribution in [0.4, 0.5) is 5.69 Å². The van der Waals surface area contributed by atoms with Crippen LogP contribution in [0.15, 0.2) is 72.8 Å². The number of amides is 1. The molecule has 0 saturated carbocycles. The molecule has 0 radical (unpaired) electrons. The van der Waals surface area contributed by atoms with E-state index in [1.54, 1.807) is 30.3 Å². The Hall–Kier alpha value is -4.00. The first-order chi connectivity index (χ1) is 15.0. The molecule has 2 N–H and O–H groups in total. The van der Waals surface area contributed by atoms with Crippen molar-refractivity contribution in [1.29, 1.82) is 0 Å². The van der Waals surface area contributed by atoms with Gasteiger partial charge in [0, 0.05) is 0 Å². The largest absolute Gasteiger partial charge is 0.490 e. The third kappa shape index (κ3) is 6.78. The first kappa shape index (κ1) is 21.7. The number of carbonyl (C=O) groups excluding carboxylic acids is 1. The van der Waals surface area contributed by atoms with Gasteiger partial charge in [-0.2, -0.15) is 0 Å². The van der Waals surface area contributed by atoms with Gasteiger partial charge in [-0.3, -0.25) is 4.79 Å². The summed E-state index contributed by atoms with van der Waals surface area (Å²) in [6.07, 6.45) is 0. The van der Waals surface area contributed by atoms with Crippen molar-refractivity contribution in [1.82, 2.24) is 0 Å². The number of aryl methyl sites for hydroxylation is 1. The Bertz CT molecular complexity index is 1020. The zero-order valence-electron chi connectivity index (χ0n) is 17.0. The minimum atomic E-state index is -1.18. The summed E-state index contributed by atoms with van der Waals surface area (Å²) in [7, 11) is 0. The smallest absolute Gasteiger partial charge is 0.337 e. The summed E-state index contributed by atoms with van der Waals surface area (Å²) in [5.74, 6) is -0.000452. The van der Waals surface area contributed by atoms with E-state index >= 15 is 0 Å². The number of rotatable bonds is 10. The number of nitrogens with one attached hydrogen (secondary N) is 1. The molecule has 0 aliphatic heterocycles. The molecule has 7 heteroatoms. The minimum Gasteiger partial charge on any atom is -0.490 e. The molecule has 0 unspecified atom stereocenters. The number of carboxylic acid groups (broad SMARTS) is 1. The van der Waals surface area contributed by atoms with Crippen molar-refractivity contribution < 1.29 is 28.9 Å². The zero-order valence-corrected chi connectivity index (χ0v) is 17.0. The highest BCUT2D eigenvalue weighted by Gasteiger charge is 2.14. The van der Waals surface area contributed by atoms with Gasteiger partial charge < -0.3 is 24.6 Å². The van der Waals surface area contributed by atoms with E-state index in [0.717, 1.165) is 11.3 Å². The zero-order chi connectivity index (χ0) is 22.1. The van der Waals surface area contributed by atoms with Crippen LogP contribution in [-0.4, -0.2) is 36.8 Å². The van der Waals surface area contributed by atoms with Crippen molar-refractivity contribution in [3.05, 3.63) is 83.9 Å². The Morgan fingerprint density at radius 3 is 2.10 bits per heavy atom. The van der Waals surface area contributed by atoms with Crippen LogP contribution in [0.3, 0.4) is 0 Å². The van der Waals surface area contributed by atoms with Crippen LogP contribution in [0.2, 0.25) is 0 Å². The van der Waals surface area contributed by atoms with Gasteiger partial charge in [-0.1, -0.05) is 35.9 Å². The van der Waals surface area contributed by atoms with Crippen LogP contribution >= 0.6 is 0 Å². The van der Waals surface area contributed by atoms with Gasteiger partial charge in [0.2, 0.25) is 0 Å². The van der Waals surface area contributed by atoms with Gasteiger partial charge >= 0.3 is 5.97 Å². The van der Waals surface area contributed by atoms with Gasteiger partial charge in [0.25, 0.3) is 5.91 Å². The normalized spacial score (nSPS) is 10.2. The molecule has 7 nitrogen and oxygen atoms in total. The second-order valence-electron chi connectivity index (χ2n) is 6.67. The van der Waals surface area contributed by atoms with E-state index in [1.807, 2.05) is 37.3 Å². The summed E-state index contributed by atoms with van der Waals surface area (Å²) in [6.45, 7) is 2.30. The molecule has 0 bridgehead atoms. The van der Waals surface area contributed by atoms with Crippen LogP contribution < -0.4 is 19.5 Å². The standard InChI is InChI=1S/C24H23NO6/c1-17-7-9-19(10-8-17)29-13-14-30-20-11-12-22(21(15-20)24(27)28)25-23(26)16-31-18-5-3-2-4-6-18/h2-12,15H,13-14,16H2,1H3,(H,25,26)(H,27,28). The molecule has 0 saturated heterocycles. The van der Waals surface area contributed by atoms with Crippen LogP contribution in [0.1, 0.15) is 15.9 Å². The highest BCUT2D eigenvalue weighted by Crippen LogP contribution is 2.23. The third-order valence-electron chi connectivity index (χ3n) is 4.25. The van der Waals surface area contributed by atoms with Crippen molar-refractivity contribution in [3.63, 3.8) is 0 Å². The first-order valence-corrected chi connectivity index (χ1v) is 9.68. The first-order valence-electron chi connectivity index (χ1n) is 9.68. The van der Waals surface area contributed by atoms with Crippen LogP contribution in [-0.2, 0) is 4.79 Å². The van der Waals surface area contributed by atoms with Crippen LogP contribution in [0, 0.1) is 6.92 Å². The SMILES string of the molecule is Cc1ccc(OCCOc2ccc(NC(=O)COc3ccccc3)c(C(=O)O)c2)cc1. The van der Waals surface area contributed by atoms with Gasteiger partial charge in [0.05, 0.1) is 11.3 Å². The number of carbonyl (C=O) groups is 2. The lowest BCUT2D eigenvalue weighted by Gasteiger charge is -2.12. The maximum atomic E-state index is 12.1. The molecular formula is C24H23NO6. The highest BCUT2D eigenvalue weighted by molar-refractivity contribution is 6.01. The molecule has 0 spiro atoms. The lowest BCUT2D eigenvalue weighted by molar-refractivity contribution is -0.118. The maximum absolute atomic E-state index is 12.1. The number of ether oxygens (including phenoxy) is 3. The molecule has 3 aromatic rings. The van der Waals surface area contributed by atoms with Crippen molar-refractivity contribution >= 4 is 17.6 Å². The minimum absolute atomic E-state index is 0.0787. The molecule has 1 amide bonds. The molecule has 0 fully saturated rings. The van der Waals surface area contributed by atoms with Crippen molar-refractivity contribution in [2.75, 3.05) is 25.1 Å². The van der Waals surface area contributed by atoms with Gasteiger partial charge in [-0.15, -0.1) is 0 Å². The number of hydrogen-bond acceptors (Lipinski definition) is 5. The number of benzene rings is 3. The van der Waals surface area contributed by atoms with Gasteiger partial charge in [-0.25, -0.2) is 4.79 Å². The fourth-order valence-electron chi connectivity index (χ4n) is 2.70. The summed E-state index contributed by atoms with van der Waals surface area (Å²) in [5.41, 5.74) is 1.23. The monoisotopic (exact) mass is 421 g/mol.